The van der Waals surface area contributed by atoms with E-state index < -0.39 is 17.5 Å². The topological polar surface area (TPSA) is 22.0 Å². The van der Waals surface area contributed by atoms with Crippen molar-refractivity contribution in [3.63, 3.8) is 0 Å². The van der Waals surface area contributed by atoms with Crippen molar-refractivity contribution >= 4 is 16.7 Å². The standard InChI is InChI=1S/C21H20F3NO/c1-14(2)10-11-25-13-18(17-8-3-4-9-19(17)25)20(26)15-6-5-7-16(12-15)21(22,23)24/h3-9,12-14H,10-11H2,1-2H3. The second-order valence-corrected chi connectivity index (χ2v) is 6.84. The molecule has 0 amide bonds. The van der Waals surface area contributed by atoms with Gasteiger partial charge in [-0.1, -0.05) is 44.2 Å². The average molecular weight is 359 g/mol. The van der Waals surface area contributed by atoms with E-state index in [1.54, 1.807) is 6.20 Å². The molecule has 0 aliphatic rings. The van der Waals surface area contributed by atoms with E-state index >= 15 is 0 Å². The van der Waals surface area contributed by atoms with E-state index in [0.717, 1.165) is 36.0 Å². The number of hydrogen-bond donors (Lipinski definition) is 0. The van der Waals surface area contributed by atoms with Gasteiger partial charge in [-0.2, -0.15) is 13.2 Å². The fourth-order valence-electron chi connectivity index (χ4n) is 3.00. The lowest BCUT2D eigenvalue weighted by Crippen LogP contribution is -2.08. The Morgan fingerprint density at radius 1 is 1.08 bits per heavy atom. The Morgan fingerprint density at radius 2 is 1.81 bits per heavy atom. The first-order valence-electron chi connectivity index (χ1n) is 8.57. The molecule has 0 saturated heterocycles. The summed E-state index contributed by atoms with van der Waals surface area (Å²) in [6.07, 6.45) is -1.76. The molecule has 0 unspecified atom stereocenters. The fraction of sp³-hybridized carbons (Fsp3) is 0.286. The van der Waals surface area contributed by atoms with Crippen LogP contribution in [0.4, 0.5) is 13.2 Å². The molecular weight excluding hydrogens is 339 g/mol. The number of ketones is 1. The number of fused-ring (bicyclic) bond motifs is 1. The molecule has 3 rings (SSSR count). The molecule has 1 heterocycles. The second kappa shape index (κ2) is 6.98. The van der Waals surface area contributed by atoms with Crippen LogP contribution in [-0.2, 0) is 12.7 Å². The number of aryl methyl sites for hydroxylation is 1. The number of hydrogen-bond acceptors (Lipinski definition) is 1. The molecule has 2 nitrogen and oxygen atoms in total. The summed E-state index contributed by atoms with van der Waals surface area (Å²) in [6, 6.07) is 12.1. The highest BCUT2D eigenvalue weighted by atomic mass is 19.4. The number of halogens is 3. The maximum Gasteiger partial charge on any atom is 0.416 e. The summed E-state index contributed by atoms with van der Waals surface area (Å²) < 4.78 is 40.9. The molecule has 0 fully saturated rings. The Labute approximate surface area is 150 Å². The quantitative estimate of drug-likeness (QED) is 0.517. The van der Waals surface area contributed by atoms with Gasteiger partial charge < -0.3 is 4.57 Å². The van der Waals surface area contributed by atoms with Crippen molar-refractivity contribution in [1.29, 1.82) is 0 Å². The third-order valence-corrected chi connectivity index (χ3v) is 4.43. The largest absolute Gasteiger partial charge is 0.416 e. The minimum atomic E-state index is -4.47. The van der Waals surface area contributed by atoms with Crippen LogP contribution in [0.3, 0.4) is 0 Å². The van der Waals surface area contributed by atoms with Gasteiger partial charge in [0.05, 0.1) is 5.56 Å². The van der Waals surface area contributed by atoms with Crippen molar-refractivity contribution in [2.24, 2.45) is 5.92 Å². The van der Waals surface area contributed by atoms with Gasteiger partial charge in [0.25, 0.3) is 0 Å². The van der Waals surface area contributed by atoms with Gasteiger partial charge in [-0.3, -0.25) is 4.79 Å². The Hall–Kier alpha value is -2.56. The number of carbonyl (C=O) groups is 1. The van der Waals surface area contributed by atoms with Gasteiger partial charge in [0, 0.05) is 34.8 Å². The van der Waals surface area contributed by atoms with E-state index in [2.05, 4.69) is 13.8 Å². The Bertz CT molecular complexity index is 938. The molecular formula is C21H20F3NO. The van der Waals surface area contributed by atoms with E-state index in [0.29, 0.717) is 11.5 Å². The number of rotatable bonds is 5. The third-order valence-electron chi connectivity index (χ3n) is 4.43. The molecule has 0 N–H and O–H groups in total. The summed E-state index contributed by atoms with van der Waals surface area (Å²) in [5.41, 5.74) is 0.589. The van der Waals surface area contributed by atoms with Gasteiger partial charge in [0.1, 0.15) is 0 Å². The number of benzene rings is 2. The van der Waals surface area contributed by atoms with Crippen LogP contribution in [0, 0.1) is 5.92 Å². The Morgan fingerprint density at radius 3 is 2.50 bits per heavy atom. The molecule has 0 atom stereocenters. The summed E-state index contributed by atoms with van der Waals surface area (Å²) in [5, 5.41) is 0.763. The maximum atomic E-state index is 13.0. The highest BCUT2D eigenvalue weighted by Crippen LogP contribution is 2.31. The highest BCUT2D eigenvalue weighted by molar-refractivity contribution is 6.16. The van der Waals surface area contributed by atoms with Gasteiger partial charge in [0.15, 0.2) is 5.78 Å². The van der Waals surface area contributed by atoms with Crippen LogP contribution in [0.25, 0.3) is 10.9 Å². The lowest BCUT2D eigenvalue weighted by Gasteiger charge is -2.08. The predicted octanol–water partition coefficient (Wildman–Crippen LogP) is 5.94. The number of aromatic nitrogens is 1. The van der Waals surface area contributed by atoms with Crippen LogP contribution in [0.5, 0.6) is 0 Å². The lowest BCUT2D eigenvalue weighted by molar-refractivity contribution is -0.137. The van der Waals surface area contributed by atoms with Crippen LogP contribution < -0.4 is 0 Å². The van der Waals surface area contributed by atoms with Gasteiger partial charge >= 0.3 is 6.18 Å². The third kappa shape index (κ3) is 3.66. The molecule has 0 aliphatic heterocycles. The highest BCUT2D eigenvalue weighted by Gasteiger charge is 2.31. The van der Waals surface area contributed by atoms with Crippen LogP contribution in [0.1, 0.15) is 41.8 Å². The minimum absolute atomic E-state index is 0.0478. The molecule has 0 saturated carbocycles. The zero-order valence-corrected chi connectivity index (χ0v) is 14.7. The monoisotopic (exact) mass is 359 g/mol. The molecule has 26 heavy (non-hydrogen) atoms. The SMILES string of the molecule is CC(C)CCn1cc(C(=O)c2cccc(C(F)(F)F)c2)c2ccccc21. The van der Waals surface area contributed by atoms with Gasteiger partial charge in [-0.05, 0) is 30.5 Å². The summed E-state index contributed by atoms with van der Waals surface area (Å²) in [4.78, 5) is 12.9. The molecule has 2 aromatic carbocycles. The number of alkyl halides is 3. The second-order valence-electron chi connectivity index (χ2n) is 6.84. The van der Waals surface area contributed by atoms with Crippen molar-refractivity contribution in [2.45, 2.75) is 33.0 Å². The van der Waals surface area contributed by atoms with Crippen LogP contribution >= 0.6 is 0 Å². The normalized spacial score (nSPS) is 12.1. The van der Waals surface area contributed by atoms with E-state index in [1.165, 1.54) is 12.1 Å². The fourth-order valence-corrected chi connectivity index (χ4v) is 3.00. The molecule has 3 aromatic rings. The zero-order valence-electron chi connectivity index (χ0n) is 14.7. The van der Waals surface area contributed by atoms with Gasteiger partial charge in [0.2, 0.25) is 0 Å². The summed E-state index contributed by atoms with van der Waals surface area (Å²) >= 11 is 0. The summed E-state index contributed by atoms with van der Waals surface area (Å²) in [6.45, 7) is 5.01. The van der Waals surface area contributed by atoms with E-state index in [1.807, 2.05) is 28.8 Å². The predicted molar refractivity (Wildman–Crippen MR) is 96.3 cm³/mol. The molecule has 5 heteroatoms. The van der Waals surface area contributed by atoms with Crippen molar-refractivity contribution in [2.75, 3.05) is 0 Å². The Kier molecular flexibility index (Phi) is 4.90. The molecule has 0 bridgehead atoms. The first-order chi connectivity index (χ1) is 12.3. The minimum Gasteiger partial charge on any atom is -0.347 e. The zero-order chi connectivity index (χ0) is 18.9. The number of para-hydroxylation sites is 1. The molecule has 136 valence electrons. The molecule has 0 spiro atoms. The lowest BCUT2D eigenvalue weighted by atomic mass is 10.0. The van der Waals surface area contributed by atoms with E-state index in [9.17, 15) is 18.0 Å². The van der Waals surface area contributed by atoms with Crippen molar-refractivity contribution < 1.29 is 18.0 Å². The van der Waals surface area contributed by atoms with Crippen LogP contribution in [0.2, 0.25) is 0 Å². The number of nitrogens with zero attached hydrogens (tertiary/aromatic N) is 1. The first-order valence-corrected chi connectivity index (χ1v) is 8.57. The van der Waals surface area contributed by atoms with E-state index in [-0.39, 0.29) is 5.56 Å². The van der Waals surface area contributed by atoms with Gasteiger partial charge in [-0.25, -0.2) is 0 Å². The van der Waals surface area contributed by atoms with Crippen molar-refractivity contribution in [3.8, 4) is 0 Å². The van der Waals surface area contributed by atoms with Gasteiger partial charge in [-0.15, -0.1) is 0 Å². The first kappa shape index (κ1) is 18.2. The molecule has 1 aromatic heterocycles. The maximum absolute atomic E-state index is 13.0. The molecule has 0 radical (unpaired) electrons. The number of carbonyl (C=O) groups excluding carboxylic acids is 1. The average Bonchev–Trinajstić information content (AvgIpc) is 2.97. The van der Waals surface area contributed by atoms with Crippen LogP contribution in [-0.4, -0.2) is 10.4 Å². The molecule has 0 aliphatic carbocycles. The van der Waals surface area contributed by atoms with Crippen LogP contribution in [0.15, 0.2) is 54.7 Å². The summed E-state index contributed by atoms with van der Waals surface area (Å²) in [5.74, 6) is 0.120. The van der Waals surface area contributed by atoms with E-state index in [4.69, 9.17) is 0 Å². The van der Waals surface area contributed by atoms with Crippen molar-refractivity contribution in [1.82, 2.24) is 4.57 Å². The summed E-state index contributed by atoms with van der Waals surface area (Å²) in [7, 11) is 0. The Balaban J connectivity index is 2.04. The smallest absolute Gasteiger partial charge is 0.347 e. The van der Waals surface area contributed by atoms with Crippen molar-refractivity contribution in [3.05, 3.63) is 71.4 Å².